The maximum atomic E-state index is 14.7. The molecule has 0 spiro atoms. The lowest BCUT2D eigenvalue weighted by atomic mass is 10.00. The van der Waals surface area contributed by atoms with E-state index < -0.39 is 5.92 Å². The highest BCUT2D eigenvalue weighted by Crippen LogP contribution is 2.48. The van der Waals surface area contributed by atoms with Gasteiger partial charge in [-0.1, -0.05) is 91.9 Å². The van der Waals surface area contributed by atoms with Crippen LogP contribution in [0.5, 0.6) is 0 Å². The SMILES string of the molecule is CCC(F)(F)c1ccc(-n2c(-c3ccc(N4c5ccccc5Nc5ccccc54)cc3)nc3c4ccccc4c4ccccc4c32)cc1. The Labute approximate surface area is 276 Å². The van der Waals surface area contributed by atoms with Crippen molar-refractivity contribution in [2.24, 2.45) is 0 Å². The topological polar surface area (TPSA) is 33.1 Å². The standard InChI is InChI=1S/C42H30F2N4/c1-2-42(43,44)28-21-25-30(26-22-28)48-40-34-14-6-4-12-32(34)31-11-3-5-13-33(31)39(40)46-41(48)27-19-23-29(24-20-27)47-37-17-9-7-15-35(37)45-36-16-8-10-18-38(36)47/h3-26,45H,2H2,1H3. The van der Waals surface area contributed by atoms with E-state index in [0.717, 1.165) is 78.1 Å². The van der Waals surface area contributed by atoms with Gasteiger partial charge in [-0.15, -0.1) is 0 Å². The van der Waals surface area contributed by atoms with Gasteiger partial charge in [0.25, 0.3) is 5.92 Å². The van der Waals surface area contributed by atoms with Gasteiger partial charge in [-0.2, -0.15) is 0 Å². The summed E-state index contributed by atoms with van der Waals surface area (Å²) in [5.74, 6) is -2.15. The van der Waals surface area contributed by atoms with Gasteiger partial charge in [0.15, 0.2) is 0 Å². The van der Waals surface area contributed by atoms with Gasteiger partial charge in [0.2, 0.25) is 0 Å². The molecular weight excluding hydrogens is 598 g/mol. The van der Waals surface area contributed by atoms with Crippen molar-refractivity contribution in [3.05, 3.63) is 151 Å². The number of benzene rings is 7. The van der Waals surface area contributed by atoms with Crippen LogP contribution >= 0.6 is 0 Å². The largest absolute Gasteiger partial charge is 0.352 e. The maximum absolute atomic E-state index is 14.7. The predicted molar refractivity (Wildman–Crippen MR) is 194 cm³/mol. The first-order chi connectivity index (χ1) is 23.5. The second-order valence-corrected chi connectivity index (χ2v) is 12.2. The number of hydrogen-bond donors (Lipinski definition) is 1. The zero-order valence-electron chi connectivity index (χ0n) is 26.2. The Kier molecular flexibility index (Phi) is 6.34. The zero-order valence-corrected chi connectivity index (χ0v) is 26.2. The fourth-order valence-electron chi connectivity index (χ4n) is 7.07. The van der Waals surface area contributed by atoms with Crippen molar-refractivity contribution < 1.29 is 8.78 Å². The van der Waals surface area contributed by atoms with Crippen LogP contribution in [0.25, 0.3) is 49.7 Å². The fourth-order valence-corrected chi connectivity index (χ4v) is 7.07. The van der Waals surface area contributed by atoms with E-state index in [-0.39, 0.29) is 12.0 Å². The Balaban J connectivity index is 1.27. The maximum Gasteiger partial charge on any atom is 0.273 e. The Bertz CT molecular complexity index is 2450. The van der Waals surface area contributed by atoms with E-state index in [0.29, 0.717) is 0 Å². The summed E-state index contributed by atoms with van der Waals surface area (Å²) >= 11 is 0. The zero-order chi connectivity index (χ0) is 32.4. The molecule has 232 valence electrons. The van der Waals surface area contributed by atoms with Crippen molar-refractivity contribution in [1.82, 2.24) is 9.55 Å². The van der Waals surface area contributed by atoms with Crippen LogP contribution in [0.4, 0.5) is 37.2 Å². The van der Waals surface area contributed by atoms with Crippen LogP contribution < -0.4 is 10.2 Å². The summed E-state index contributed by atoms with van der Waals surface area (Å²) in [6.45, 7) is 1.51. The van der Waals surface area contributed by atoms with Crippen molar-refractivity contribution in [3.63, 3.8) is 0 Å². The van der Waals surface area contributed by atoms with Crippen LogP contribution in [0.3, 0.4) is 0 Å². The highest BCUT2D eigenvalue weighted by Gasteiger charge is 2.29. The summed E-state index contributed by atoms with van der Waals surface area (Å²) in [5.41, 5.74) is 8.76. The minimum atomic E-state index is -2.89. The smallest absolute Gasteiger partial charge is 0.273 e. The van der Waals surface area contributed by atoms with E-state index in [1.54, 1.807) is 24.3 Å². The molecule has 0 amide bonds. The summed E-state index contributed by atoms with van der Waals surface area (Å²) in [5, 5.41) is 7.91. The molecule has 4 nitrogen and oxygen atoms in total. The minimum Gasteiger partial charge on any atom is -0.352 e. The van der Waals surface area contributed by atoms with E-state index in [1.807, 2.05) is 24.3 Å². The number of nitrogens with zero attached hydrogens (tertiary/aromatic N) is 3. The van der Waals surface area contributed by atoms with Crippen molar-refractivity contribution in [3.8, 4) is 17.1 Å². The molecule has 0 unspecified atom stereocenters. The number of hydrogen-bond acceptors (Lipinski definition) is 3. The Morgan fingerprint density at radius 1 is 0.583 bits per heavy atom. The third-order valence-electron chi connectivity index (χ3n) is 9.47. The molecule has 0 saturated heterocycles. The number of para-hydroxylation sites is 4. The summed E-state index contributed by atoms with van der Waals surface area (Å²) in [6.07, 6.45) is -0.253. The van der Waals surface area contributed by atoms with Crippen molar-refractivity contribution >= 4 is 61.0 Å². The van der Waals surface area contributed by atoms with Crippen LogP contribution in [0.15, 0.2) is 146 Å². The summed E-state index contributed by atoms with van der Waals surface area (Å²) in [7, 11) is 0. The second kappa shape index (κ2) is 10.8. The number of aromatic nitrogens is 2. The van der Waals surface area contributed by atoms with Gasteiger partial charge in [0.1, 0.15) is 5.82 Å². The molecule has 2 heterocycles. The summed E-state index contributed by atoms with van der Waals surface area (Å²) < 4.78 is 31.5. The number of alkyl halides is 2. The monoisotopic (exact) mass is 628 g/mol. The molecule has 7 aromatic carbocycles. The normalized spacial score (nSPS) is 12.7. The quantitative estimate of drug-likeness (QED) is 0.193. The van der Waals surface area contributed by atoms with E-state index >= 15 is 0 Å². The average Bonchev–Trinajstić information content (AvgIpc) is 3.55. The third kappa shape index (κ3) is 4.29. The molecule has 0 aliphatic carbocycles. The number of nitrogens with one attached hydrogen (secondary N) is 1. The van der Waals surface area contributed by atoms with Gasteiger partial charge < -0.3 is 10.2 Å². The van der Waals surface area contributed by atoms with Crippen LogP contribution in [0.1, 0.15) is 18.9 Å². The second-order valence-electron chi connectivity index (χ2n) is 12.2. The molecule has 1 aliphatic heterocycles. The first kappa shape index (κ1) is 28.2. The lowest BCUT2D eigenvalue weighted by Crippen LogP contribution is -2.17. The number of anilines is 5. The lowest BCUT2D eigenvalue weighted by Gasteiger charge is -2.34. The van der Waals surface area contributed by atoms with Crippen molar-refractivity contribution in [2.45, 2.75) is 19.3 Å². The number of imidazole rings is 1. The van der Waals surface area contributed by atoms with Crippen LogP contribution in [0, 0.1) is 0 Å². The highest BCUT2D eigenvalue weighted by molar-refractivity contribution is 6.24. The van der Waals surface area contributed by atoms with Gasteiger partial charge in [-0.05, 0) is 71.4 Å². The molecule has 1 aliphatic rings. The Morgan fingerprint density at radius 3 is 1.73 bits per heavy atom. The van der Waals surface area contributed by atoms with Crippen LogP contribution in [0.2, 0.25) is 0 Å². The Hall–Kier alpha value is -6.01. The van der Waals surface area contributed by atoms with Gasteiger partial charge in [-0.3, -0.25) is 4.57 Å². The lowest BCUT2D eigenvalue weighted by molar-refractivity contribution is -0.00828. The van der Waals surface area contributed by atoms with Gasteiger partial charge in [0.05, 0.1) is 33.8 Å². The molecule has 9 rings (SSSR count). The molecule has 0 radical (unpaired) electrons. The van der Waals surface area contributed by atoms with Crippen LogP contribution in [-0.4, -0.2) is 9.55 Å². The molecule has 8 aromatic rings. The number of fused-ring (bicyclic) bond motifs is 8. The molecule has 1 N–H and O–H groups in total. The van der Waals surface area contributed by atoms with Gasteiger partial charge >= 0.3 is 0 Å². The predicted octanol–water partition coefficient (Wildman–Crippen LogP) is 12.0. The highest BCUT2D eigenvalue weighted by atomic mass is 19.3. The molecule has 0 bridgehead atoms. The first-order valence-corrected chi connectivity index (χ1v) is 16.2. The van der Waals surface area contributed by atoms with Crippen molar-refractivity contribution in [1.29, 1.82) is 0 Å². The first-order valence-electron chi connectivity index (χ1n) is 16.2. The molecular formula is C42H30F2N4. The molecule has 48 heavy (non-hydrogen) atoms. The van der Waals surface area contributed by atoms with Gasteiger partial charge in [-0.25, -0.2) is 13.8 Å². The molecule has 1 aromatic heterocycles. The average molecular weight is 629 g/mol. The van der Waals surface area contributed by atoms with E-state index in [9.17, 15) is 8.78 Å². The molecule has 0 fully saturated rings. The summed E-state index contributed by atoms with van der Waals surface area (Å²) in [6, 6.07) is 48.4. The summed E-state index contributed by atoms with van der Waals surface area (Å²) in [4.78, 5) is 7.60. The third-order valence-corrected chi connectivity index (χ3v) is 9.47. The van der Waals surface area contributed by atoms with Gasteiger partial charge in [0, 0.05) is 39.7 Å². The van der Waals surface area contributed by atoms with E-state index in [4.69, 9.17) is 4.98 Å². The fraction of sp³-hybridized carbons (Fsp3) is 0.0714. The Morgan fingerprint density at radius 2 is 1.10 bits per heavy atom. The van der Waals surface area contributed by atoms with E-state index in [1.165, 1.54) is 6.92 Å². The molecule has 0 atom stereocenters. The number of rotatable bonds is 5. The minimum absolute atomic E-state index is 0.0102. The molecule has 0 saturated carbocycles. The van der Waals surface area contributed by atoms with Crippen molar-refractivity contribution in [2.75, 3.05) is 10.2 Å². The number of halogens is 2. The molecule has 6 heteroatoms. The van der Waals surface area contributed by atoms with Crippen LogP contribution in [-0.2, 0) is 5.92 Å². The van der Waals surface area contributed by atoms with E-state index in [2.05, 4.69) is 112 Å².